The summed E-state index contributed by atoms with van der Waals surface area (Å²) in [6.45, 7) is 19.1. The van der Waals surface area contributed by atoms with Gasteiger partial charge >= 0.3 is 0 Å². The van der Waals surface area contributed by atoms with E-state index in [1.165, 1.54) is 33.4 Å². The molecule has 236 valence electrons. The van der Waals surface area contributed by atoms with Gasteiger partial charge < -0.3 is 26.4 Å². The number of nitrogens with zero attached hydrogens (tertiary/aromatic N) is 2. The van der Waals surface area contributed by atoms with Gasteiger partial charge in [-0.15, -0.1) is 0 Å². The van der Waals surface area contributed by atoms with Crippen LogP contribution in [0.25, 0.3) is 21.5 Å². The maximum Gasteiger partial charge on any atom is 0.255 e. The maximum atomic E-state index is 14.7. The number of unbranched alkanes of at least 4 members (excludes halogenated alkanes) is 1. The van der Waals surface area contributed by atoms with Gasteiger partial charge in [-0.2, -0.15) is 0 Å². The molecule has 5 aromatic carbocycles. The molecule has 0 spiro atoms. The van der Waals surface area contributed by atoms with Gasteiger partial charge in [0.2, 0.25) is 0 Å². The summed E-state index contributed by atoms with van der Waals surface area (Å²) in [6.07, 6.45) is 2.06. The molecule has 4 heteroatoms. The Kier molecular flexibility index (Phi) is 11.6. The van der Waals surface area contributed by atoms with E-state index in [4.69, 9.17) is 0 Å². The largest absolute Gasteiger partial charge is 1.00 e. The van der Waals surface area contributed by atoms with Gasteiger partial charge in [-0.05, 0) is 87.6 Å². The van der Waals surface area contributed by atoms with Crippen molar-refractivity contribution in [1.29, 1.82) is 0 Å². The third kappa shape index (κ3) is 8.23. The molecule has 0 aliphatic rings. The van der Waals surface area contributed by atoms with Crippen LogP contribution >= 0.6 is 0 Å². The molecule has 0 saturated carbocycles. The average molecular weight is 666 g/mol. The smallest absolute Gasteiger partial charge is 0.255 e. The number of halogens is 1. The van der Waals surface area contributed by atoms with E-state index in [2.05, 4.69) is 125 Å². The first kappa shape index (κ1) is 34.4. The molecule has 45 heavy (non-hydrogen) atoms. The zero-order valence-corrected chi connectivity index (χ0v) is 29.6. The number of benzene rings is 5. The minimum Gasteiger partial charge on any atom is -1.00 e. The Morgan fingerprint density at radius 3 is 1.64 bits per heavy atom. The van der Waals surface area contributed by atoms with E-state index in [1.54, 1.807) is 0 Å². The van der Waals surface area contributed by atoms with E-state index in [1.807, 2.05) is 12.1 Å². The van der Waals surface area contributed by atoms with Crippen molar-refractivity contribution in [3.8, 4) is 0 Å². The number of quaternary nitrogens is 1. The fourth-order valence-corrected chi connectivity index (χ4v) is 7.18. The lowest BCUT2D eigenvalue weighted by Crippen LogP contribution is -3.00. The predicted molar refractivity (Wildman–Crippen MR) is 187 cm³/mol. The minimum absolute atomic E-state index is 0. The zero-order chi connectivity index (χ0) is 31.3. The van der Waals surface area contributed by atoms with Gasteiger partial charge in [0.05, 0.1) is 25.2 Å². The van der Waals surface area contributed by atoms with E-state index in [0.29, 0.717) is 6.54 Å². The second kappa shape index (κ2) is 15.2. The summed E-state index contributed by atoms with van der Waals surface area (Å²) in [7, 11) is 0. The molecular formula is C41H49BrN2O. The first-order valence-electron chi connectivity index (χ1n) is 16.4. The molecule has 5 rings (SSSR count). The van der Waals surface area contributed by atoms with Crippen molar-refractivity contribution in [1.82, 2.24) is 4.90 Å². The quantitative estimate of drug-likeness (QED) is 0.0825. The molecule has 0 fully saturated rings. The van der Waals surface area contributed by atoms with Crippen molar-refractivity contribution in [2.24, 2.45) is 0 Å². The second-order valence-electron chi connectivity index (χ2n) is 13.0. The van der Waals surface area contributed by atoms with Crippen molar-refractivity contribution >= 4 is 27.5 Å². The normalized spacial score (nSPS) is 11.5. The molecule has 0 radical (unpaired) electrons. The van der Waals surface area contributed by atoms with Gasteiger partial charge in [0.15, 0.2) is 0 Å². The molecule has 0 N–H and O–H groups in total. The highest BCUT2D eigenvalue weighted by Crippen LogP contribution is 2.30. The number of hydrogen-bond donors (Lipinski definition) is 0. The van der Waals surface area contributed by atoms with E-state index >= 15 is 0 Å². The lowest BCUT2D eigenvalue weighted by atomic mass is 9.95. The predicted octanol–water partition coefficient (Wildman–Crippen LogP) is 6.71. The molecule has 0 unspecified atom stereocenters. The van der Waals surface area contributed by atoms with Crippen LogP contribution < -0.4 is 17.0 Å². The van der Waals surface area contributed by atoms with Crippen LogP contribution in [0.4, 0.5) is 0 Å². The van der Waals surface area contributed by atoms with Crippen molar-refractivity contribution in [2.45, 2.75) is 67.5 Å². The SMILES string of the molecule is CC[N+](CC)(CCCCN(Cc1cc(C)cc(C)c1)C(=O)c1c2ccccc2cc2ccccc12)Cc1cc(C)cc(C)c1.[Br-]. The van der Waals surface area contributed by atoms with Crippen LogP contribution in [0.3, 0.4) is 0 Å². The van der Waals surface area contributed by atoms with E-state index in [9.17, 15) is 4.79 Å². The number of aryl methyl sites for hydroxylation is 4. The van der Waals surface area contributed by atoms with Crippen LogP contribution in [0, 0.1) is 27.7 Å². The van der Waals surface area contributed by atoms with Crippen molar-refractivity contribution in [3.05, 3.63) is 130 Å². The van der Waals surface area contributed by atoms with Crippen LogP contribution in [0.2, 0.25) is 0 Å². The number of rotatable bonds is 12. The number of carbonyl (C=O) groups excluding carboxylic acids is 1. The van der Waals surface area contributed by atoms with E-state index in [0.717, 1.165) is 77.2 Å². The van der Waals surface area contributed by atoms with E-state index < -0.39 is 0 Å². The lowest BCUT2D eigenvalue weighted by molar-refractivity contribution is -0.938. The molecule has 5 aromatic rings. The first-order chi connectivity index (χ1) is 21.2. The highest BCUT2D eigenvalue weighted by molar-refractivity contribution is 6.18. The van der Waals surface area contributed by atoms with Crippen LogP contribution in [0.15, 0.2) is 91.0 Å². The van der Waals surface area contributed by atoms with Gasteiger partial charge in [-0.3, -0.25) is 4.79 Å². The summed E-state index contributed by atoms with van der Waals surface area (Å²) < 4.78 is 1.07. The lowest BCUT2D eigenvalue weighted by Gasteiger charge is -2.37. The maximum absolute atomic E-state index is 14.7. The molecule has 3 nitrogen and oxygen atoms in total. The van der Waals surface area contributed by atoms with Crippen LogP contribution in [-0.4, -0.2) is 41.5 Å². The average Bonchev–Trinajstić information content (AvgIpc) is 2.99. The number of hydrogen-bond acceptors (Lipinski definition) is 1. The van der Waals surface area contributed by atoms with Crippen molar-refractivity contribution in [2.75, 3.05) is 26.2 Å². The van der Waals surface area contributed by atoms with Crippen molar-refractivity contribution in [3.63, 3.8) is 0 Å². The fraction of sp³-hybridized carbons (Fsp3) is 0.341. The number of amides is 1. The summed E-state index contributed by atoms with van der Waals surface area (Å²) in [5, 5.41) is 4.28. The molecular weight excluding hydrogens is 616 g/mol. The summed E-state index contributed by atoms with van der Waals surface area (Å²) >= 11 is 0. The molecule has 0 aromatic heterocycles. The molecule has 0 saturated heterocycles. The Morgan fingerprint density at radius 2 is 1.13 bits per heavy atom. The van der Waals surface area contributed by atoms with Crippen LogP contribution in [0.5, 0.6) is 0 Å². The van der Waals surface area contributed by atoms with Crippen LogP contribution in [0.1, 0.15) is 70.4 Å². The Morgan fingerprint density at radius 1 is 0.644 bits per heavy atom. The molecule has 0 bridgehead atoms. The van der Waals surface area contributed by atoms with Crippen LogP contribution in [-0.2, 0) is 13.1 Å². The number of fused-ring (bicyclic) bond motifs is 2. The molecule has 0 heterocycles. The van der Waals surface area contributed by atoms with Gasteiger partial charge in [0.25, 0.3) is 5.91 Å². The zero-order valence-electron chi connectivity index (χ0n) is 28.0. The van der Waals surface area contributed by atoms with Gasteiger partial charge in [-0.25, -0.2) is 0 Å². The summed E-state index contributed by atoms with van der Waals surface area (Å²) in [5.74, 6) is 0.124. The Labute approximate surface area is 281 Å². The monoisotopic (exact) mass is 664 g/mol. The highest BCUT2D eigenvalue weighted by Gasteiger charge is 2.25. The standard InChI is InChI=1S/C41H49N2O.BrH/c1-7-43(8-2,29-35-25-32(5)22-33(6)26-35)20-14-13-19-42(28-34-23-30(3)21-31(4)24-34)41(44)40-38-17-11-9-15-36(38)27-37-16-10-12-18-39(37)40;/h9-12,15-18,21-27H,7-8,13-14,19-20,28-29H2,1-6H3;1H/q+1;/p-1. The topological polar surface area (TPSA) is 20.3 Å². The molecule has 1 amide bonds. The summed E-state index contributed by atoms with van der Waals surface area (Å²) in [4.78, 5) is 16.8. The third-order valence-electron chi connectivity index (χ3n) is 9.38. The first-order valence-corrected chi connectivity index (χ1v) is 16.4. The summed E-state index contributed by atoms with van der Waals surface area (Å²) in [6, 6.07) is 32.5. The van der Waals surface area contributed by atoms with Gasteiger partial charge in [0, 0.05) is 18.7 Å². The number of carbonyl (C=O) groups is 1. The highest BCUT2D eigenvalue weighted by atomic mass is 79.9. The Bertz CT molecular complexity index is 1680. The fourth-order valence-electron chi connectivity index (χ4n) is 7.18. The van der Waals surface area contributed by atoms with Gasteiger partial charge in [-0.1, -0.05) is 107 Å². The molecule has 0 atom stereocenters. The van der Waals surface area contributed by atoms with Gasteiger partial charge in [0.1, 0.15) is 6.54 Å². The molecule has 0 aliphatic heterocycles. The third-order valence-corrected chi connectivity index (χ3v) is 9.38. The Hall–Kier alpha value is -3.47. The Balaban J connectivity index is 0.00000461. The molecule has 0 aliphatic carbocycles. The minimum atomic E-state index is 0. The second-order valence-corrected chi connectivity index (χ2v) is 13.0. The van der Waals surface area contributed by atoms with Crippen molar-refractivity contribution < 1.29 is 26.3 Å². The summed E-state index contributed by atoms with van der Waals surface area (Å²) in [5.41, 5.74) is 8.61. The van der Waals surface area contributed by atoms with E-state index in [-0.39, 0.29) is 22.9 Å².